The van der Waals surface area contributed by atoms with Gasteiger partial charge in [-0.05, 0) is 39.2 Å². The van der Waals surface area contributed by atoms with E-state index >= 15 is 0 Å². The van der Waals surface area contributed by atoms with E-state index in [1.165, 1.54) is 17.9 Å². The number of rotatable bonds is 5. The van der Waals surface area contributed by atoms with E-state index in [0.717, 1.165) is 0 Å². The number of piperidine rings is 1. The molecule has 0 saturated carbocycles. The van der Waals surface area contributed by atoms with E-state index in [1.807, 2.05) is 25.9 Å². The van der Waals surface area contributed by atoms with Gasteiger partial charge < -0.3 is 20.1 Å². The maximum absolute atomic E-state index is 14.9. The van der Waals surface area contributed by atoms with E-state index in [1.54, 1.807) is 17.0 Å². The lowest BCUT2D eigenvalue weighted by Crippen LogP contribution is -2.56. The van der Waals surface area contributed by atoms with E-state index < -0.39 is 23.7 Å². The largest absolute Gasteiger partial charge is 0.442 e. The van der Waals surface area contributed by atoms with Crippen molar-refractivity contribution in [1.82, 2.24) is 10.2 Å². The summed E-state index contributed by atoms with van der Waals surface area (Å²) in [5.41, 5.74) is -0.0328. The van der Waals surface area contributed by atoms with Crippen molar-refractivity contribution >= 4 is 23.4 Å². The third-order valence-electron chi connectivity index (χ3n) is 5.75. The fourth-order valence-corrected chi connectivity index (χ4v) is 3.96. The van der Waals surface area contributed by atoms with Crippen LogP contribution in [0.2, 0.25) is 0 Å². The number of nitrogens with one attached hydrogen (secondary N) is 1. The maximum Gasteiger partial charge on any atom is 0.414 e. The first kappa shape index (κ1) is 21.3. The first-order valence-corrected chi connectivity index (χ1v) is 9.79. The highest BCUT2D eigenvalue weighted by Gasteiger charge is 2.39. The molecule has 9 heteroatoms. The van der Waals surface area contributed by atoms with Gasteiger partial charge in [-0.3, -0.25) is 14.6 Å². The van der Waals surface area contributed by atoms with Crippen LogP contribution in [0.5, 0.6) is 0 Å². The molecule has 3 rings (SSSR count). The van der Waals surface area contributed by atoms with Crippen LogP contribution in [0.25, 0.3) is 0 Å². The molecule has 0 radical (unpaired) electrons. The lowest BCUT2D eigenvalue weighted by Gasteiger charge is -2.46. The number of amides is 2. The highest BCUT2D eigenvalue weighted by Crippen LogP contribution is 2.35. The minimum atomic E-state index is -0.894. The molecule has 2 amide bonds. The Kier molecular flexibility index (Phi) is 6.00. The van der Waals surface area contributed by atoms with Gasteiger partial charge in [0.2, 0.25) is 5.91 Å². The van der Waals surface area contributed by atoms with Gasteiger partial charge in [0.25, 0.3) is 0 Å². The molecule has 0 spiro atoms. The fraction of sp³-hybridized carbons (Fsp3) is 0.600. The number of carbonyl (C=O) groups excluding carboxylic acids is 2. The number of carbonyl (C=O) groups is 2. The van der Waals surface area contributed by atoms with E-state index in [2.05, 4.69) is 5.32 Å². The minimum absolute atomic E-state index is 0.0460. The number of cyclic esters (lactones) is 1. The molecule has 2 saturated heterocycles. The molecule has 0 aromatic heterocycles. The summed E-state index contributed by atoms with van der Waals surface area (Å²) in [6.45, 7) is 4.35. The van der Waals surface area contributed by atoms with Crippen molar-refractivity contribution in [2.24, 2.45) is 0 Å². The minimum Gasteiger partial charge on any atom is -0.442 e. The Labute approximate surface area is 170 Å². The molecule has 160 valence electrons. The topological polar surface area (TPSA) is 85.4 Å². The van der Waals surface area contributed by atoms with Crippen LogP contribution in [0.4, 0.5) is 20.6 Å². The zero-order chi connectivity index (χ0) is 21.3. The lowest BCUT2D eigenvalue weighted by molar-refractivity contribution is -0.119. The Balaban J connectivity index is 1.71. The first-order chi connectivity index (χ1) is 13.6. The Hall–Kier alpha value is -2.39. The molecule has 29 heavy (non-hydrogen) atoms. The maximum atomic E-state index is 14.9. The summed E-state index contributed by atoms with van der Waals surface area (Å²) in [5.74, 6) is -0.630. The van der Waals surface area contributed by atoms with E-state index in [4.69, 9.17) is 4.74 Å². The van der Waals surface area contributed by atoms with Gasteiger partial charge >= 0.3 is 6.09 Å². The fourth-order valence-electron chi connectivity index (χ4n) is 3.96. The van der Waals surface area contributed by atoms with Crippen molar-refractivity contribution in [3.63, 3.8) is 0 Å². The average Bonchev–Trinajstić information content (AvgIpc) is 3.01. The predicted octanol–water partition coefficient (Wildman–Crippen LogP) is 1.53. The summed E-state index contributed by atoms with van der Waals surface area (Å²) < 4.78 is 20.2. The molecule has 0 aliphatic carbocycles. The monoisotopic (exact) mass is 408 g/mol. The van der Waals surface area contributed by atoms with Crippen molar-refractivity contribution in [2.75, 3.05) is 43.5 Å². The third kappa shape index (κ3) is 4.45. The number of nitrogens with zero attached hydrogens (tertiary/aromatic N) is 3. The summed E-state index contributed by atoms with van der Waals surface area (Å²) in [7, 11) is 3.68. The van der Waals surface area contributed by atoms with Crippen LogP contribution in [-0.2, 0) is 9.53 Å². The normalized spacial score (nSPS) is 27.3. The van der Waals surface area contributed by atoms with Gasteiger partial charge in [0, 0.05) is 32.4 Å². The van der Waals surface area contributed by atoms with Gasteiger partial charge in [-0.2, -0.15) is 0 Å². The molecule has 8 nitrogen and oxygen atoms in total. The van der Waals surface area contributed by atoms with Gasteiger partial charge in [0.05, 0.1) is 24.5 Å². The SMILES string of the molecule is CC(=O)NCC1CN(c2ccc(N3CCC(O)(N(C)C)CC3C)c(F)c2)C(=O)O1. The smallest absolute Gasteiger partial charge is 0.414 e. The molecule has 2 N–H and O–H groups in total. The van der Waals surface area contributed by atoms with Crippen LogP contribution in [0.1, 0.15) is 26.7 Å². The van der Waals surface area contributed by atoms with Gasteiger partial charge in [-0.25, -0.2) is 9.18 Å². The van der Waals surface area contributed by atoms with Crippen molar-refractivity contribution < 1.29 is 23.8 Å². The van der Waals surface area contributed by atoms with Crippen LogP contribution in [0, 0.1) is 5.82 Å². The van der Waals surface area contributed by atoms with Crippen LogP contribution < -0.4 is 15.1 Å². The van der Waals surface area contributed by atoms with Crippen LogP contribution in [0.3, 0.4) is 0 Å². The Bertz CT molecular complexity index is 790. The van der Waals surface area contributed by atoms with Gasteiger partial charge in [0.15, 0.2) is 0 Å². The number of anilines is 2. The zero-order valence-corrected chi connectivity index (χ0v) is 17.3. The Morgan fingerprint density at radius 1 is 1.45 bits per heavy atom. The average molecular weight is 408 g/mol. The molecule has 1 aromatic carbocycles. The second-order valence-corrected chi connectivity index (χ2v) is 8.06. The molecule has 3 atom stereocenters. The van der Waals surface area contributed by atoms with E-state index in [-0.39, 0.29) is 25.0 Å². The van der Waals surface area contributed by atoms with Crippen molar-refractivity contribution in [3.05, 3.63) is 24.0 Å². The molecule has 2 fully saturated rings. The molecule has 2 heterocycles. The third-order valence-corrected chi connectivity index (χ3v) is 5.75. The summed E-state index contributed by atoms with van der Waals surface area (Å²) in [6.07, 6.45) is -0.0194. The molecule has 2 aliphatic heterocycles. The van der Waals surface area contributed by atoms with E-state index in [0.29, 0.717) is 30.8 Å². The molecule has 2 aliphatic rings. The summed E-state index contributed by atoms with van der Waals surface area (Å²) >= 11 is 0. The standard InChI is InChI=1S/C20H29FN4O4/c1-13-10-20(28,23(3)4)7-8-24(13)18-6-5-15(9-17(18)21)25-12-16(29-19(25)27)11-22-14(2)26/h5-6,9,13,16,28H,7-8,10-12H2,1-4H3,(H,22,26). The zero-order valence-electron chi connectivity index (χ0n) is 17.3. The number of aliphatic hydroxyl groups is 1. The number of halogens is 1. The lowest BCUT2D eigenvalue weighted by atomic mass is 9.93. The highest BCUT2D eigenvalue weighted by atomic mass is 19.1. The molecule has 0 bridgehead atoms. The van der Waals surface area contributed by atoms with Crippen molar-refractivity contribution in [1.29, 1.82) is 0 Å². The van der Waals surface area contributed by atoms with Gasteiger partial charge in [0.1, 0.15) is 17.6 Å². The number of benzene rings is 1. The molecular weight excluding hydrogens is 379 g/mol. The van der Waals surface area contributed by atoms with Gasteiger partial charge in [-0.15, -0.1) is 0 Å². The first-order valence-electron chi connectivity index (χ1n) is 9.79. The van der Waals surface area contributed by atoms with Crippen LogP contribution >= 0.6 is 0 Å². The number of ether oxygens (including phenoxy) is 1. The molecular formula is C20H29FN4O4. The second kappa shape index (κ2) is 8.16. The summed E-state index contributed by atoms with van der Waals surface area (Å²) in [6, 6.07) is 4.64. The van der Waals surface area contributed by atoms with Gasteiger partial charge in [-0.1, -0.05) is 0 Å². The number of hydrogen-bond donors (Lipinski definition) is 2. The molecule has 1 aromatic rings. The number of hydrogen-bond acceptors (Lipinski definition) is 6. The van der Waals surface area contributed by atoms with Crippen molar-refractivity contribution in [3.8, 4) is 0 Å². The Morgan fingerprint density at radius 2 is 2.17 bits per heavy atom. The van der Waals surface area contributed by atoms with Crippen LogP contribution in [0.15, 0.2) is 18.2 Å². The quantitative estimate of drug-likeness (QED) is 0.719. The van der Waals surface area contributed by atoms with Crippen LogP contribution in [-0.4, -0.2) is 73.6 Å². The van der Waals surface area contributed by atoms with Crippen molar-refractivity contribution in [2.45, 2.75) is 44.6 Å². The summed E-state index contributed by atoms with van der Waals surface area (Å²) in [4.78, 5) is 28.3. The summed E-state index contributed by atoms with van der Waals surface area (Å²) in [5, 5.41) is 13.3. The second-order valence-electron chi connectivity index (χ2n) is 8.06. The van der Waals surface area contributed by atoms with E-state index in [9.17, 15) is 19.1 Å². The highest BCUT2D eigenvalue weighted by molar-refractivity contribution is 5.90. The molecule has 3 unspecified atom stereocenters. The predicted molar refractivity (Wildman–Crippen MR) is 107 cm³/mol. The Morgan fingerprint density at radius 3 is 2.76 bits per heavy atom.